The molecule has 0 bridgehead atoms. The second-order valence-corrected chi connectivity index (χ2v) is 5.90. The first kappa shape index (κ1) is 16.9. The molecule has 120 valence electrons. The maximum atomic E-state index is 12.0. The molecular formula is C17H18N2O3S. The van der Waals surface area contributed by atoms with Gasteiger partial charge in [0.05, 0.1) is 5.75 Å². The van der Waals surface area contributed by atoms with Crippen LogP contribution < -0.4 is 15.8 Å². The minimum absolute atomic E-state index is 0.0796. The van der Waals surface area contributed by atoms with Crippen molar-refractivity contribution in [3.05, 3.63) is 54.1 Å². The highest BCUT2D eigenvalue weighted by Gasteiger charge is 2.05. The molecule has 0 aliphatic heterocycles. The Hall–Kier alpha value is -2.47. The Morgan fingerprint density at radius 1 is 1.13 bits per heavy atom. The molecule has 2 rings (SSSR count). The minimum atomic E-state index is -0.532. The molecule has 0 heterocycles. The summed E-state index contributed by atoms with van der Waals surface area (Å²) >= 11 is 1.50. The summed E-state index contributed by atoms with van der Waals surface area (Å²) in [6, 6.07) is 14.7. The quantitative estimate of drug-likeness (QED) is 0.765. The fourth-order valence-electron chi connectivity index (χ4n) is 1.85. The van der Waals surface area contributed by atoms with Crippen LogP contribution in [0.3, 0.4) is 0 Å². The third kappa shape index (κ3) is 5.67. The molecule has 5 nitrogen and oxygen atoms in total. The molecule has 0 aromatic heterocycles. The van der Waals surface area contributed by atoms with E-state index in [0.717, 1.165) is 10.5 Å². The highest BCUT2D eigenvalue weighted by Crippen LogP contribution is 2.22. The van der Waals surface area contributed by atoms with Crippen LogP contribution in [0.15, 0.2) is 53.4 Å². The largest absolute Gasteiger partial charge is 0.484 e. The molecule has 2 aromatic carbocycles. The van der Waals surface area contributed by atoms with Crippen molar-refractivity contribution in [2.24, 2.45) is 5.73 Å². The summed E-state index contributed by atoms with van der Waals surface area (Å²) in [4.78, 5) is 23.7. The van der Waals surface area contributed by atoms with Crippen molar-refractivity contribution >= 4 is 29.3 Å². The number of aryl methyl sites for hydroxylation is 1. The summed E-state index contributed by atoms with van der Waals surface area (Å²) in [5, 5.41) is 2.82. The molecule has 0 unspecified atom stereocenters. The summed E-state index contributed by atoms with van der Waals surface area (Å²) in [5.74, 6) is 0.251. The van der Waals surface area contributed by atoms with Crippen LogP contribution in [0.1, 0.15) is 5.56 Å². The molecule has 23 heavy (non-hydrogen) atoms. The van der Waals surface area contributed by atoms with E-state index in [9.17, 15) is 9.59 Å². The van der Waals surface area contributed by atoms with E-state index >= 15 is 0 Å². The molecule has 0 saturated heterocycles. The number of rotatable bonds is 7. The fraction of sp³-hybridized carbons (Fsp3) is 0.176. The molecule has 0 aliphatic rings. The van der Waals surface area contributed by atoms with Crippen LogP contribution in [0, 0.1) is 6.92 Å². The first-order chi connectivity index (χ1) is 11.0. The first-order valence-corrected chi connectivity index (χ1v) is 8.02. The van der Waals surface area contributed by atoms with E-state index in [-0.39, 0.29) is 12.5 Å². The van der Waals surface area contributed by atoms with Gasteiger partial charge in [-0.2, -0.15) is 0 Å². The molecule has 0 saturated carbocycles. The van der Waals surface area contributed by atoms with Crippen molar-refractivity contribution in [3.63, 3.8) is 0 Å². The lowest BCUT2D eigenvalue weighted by atomic mass is 10.2. The van der Waals surface area contributed by atoms with Crippen molar-refractivity contribution < 1.29 is 14.3 Å². The van der Waals surface area contributed by atoms with E-state index in [2.05, 4.69) is 5.32 Å². The Balaban J connectivity index is 1.83. The Bertz CT molecular complexity index is 686. The Kier molecular flexibility index (Phi) is 6.05. The van der Waals surface area contributed by atoms with Crippen molar-refractivity contribution in [1.29, 1.82) is 0 Å². The van der Waals surface area contributed by atoms with Gasteiger partial charge >= 0.3 is 0 Å². The zero-order valence-corrected chi connectivity index (χ0v) is 13.6. The summed E-state index contributed by atoms with van der Waals surface area (Å²) in [6.07, 6.45) is 0. The van der Waals surface area contributed by atoms with Gasteiger partial charge in [0.15, 0.2) is 6.61 Å². The molecule has 0 atom stereocenters. The molecule has 0 fully saturated rings. The predicted molar refractivity (Wildman–Crippen MR) is 91.7 cm³/mol. The summed E-state index contributed by atoms with van der Waals surface area (Å²) in [6.45, 7) is 1.85. The third-order valence-corrected chi connectivity index (χ3v) is 4.15. The van der Waals surface area contributed by atoms with Gasteiger partial charge in [-0.1, -0.05) is 18.2 Å². The number of hydrogen-bond donors (Lipinski definition) is 2. The number of hydrogen-bond acceptors (Lipinski definition) is 4. The van der Waals surface area contributed by atoms with Crippen molar-refractivity contribution in [2.45, 2.75) is 11.8 Å². The SMILES string of the molecule is Cc1ccccc1SCC(=O)Nc1ccc(OCC(N)=O)cc1. The average Bonchev–Trinajstić information content (AvgIpc) is 2.53. The highest BCUT2D eigenvalue weighted by molar-refractivity contribution is 8.00. The van der Waals surface area contributed by atoms with E-state index in [1.165, 1.54) is 11.8 Å². The lowest BCUT2D eigenvalue weighted by Crippen LogP contribution is -2.20. The number of primary amides is 1. The van der Waals surface area contributed by atoms with E-state index in [0.29, 0.717) is 17.2 Å². The van der Waals surface area contributed by atoms with Gasteiger partial charge < -0.3 is 15.8 Å². The Morgan fingerprint density at radius 2 is 1.83 bits per heavy atom. The fourth-order valence-corrected chi connectivity index (χ4v) is 2.68. The van der Waals surface area contributed by atoms with Gasteiger partial charge in [-0.15, -0.1) is 11.8 Å². The standard InChI is InChI=1S/C17H18N2O3S/c1-12-4-2-3-5-15(12)23-11-17(21)19-13-6-8-14(9-7-13)22-10-16(18)20/h2-9H,10-11H2,1H3,(H2,18,20)(H,19,21). The van der Waals surface area contributed by atoms with Crippen LogP contribution in [0.5, 0.6) is 5.75 Å². The number of nitrogens with two attached hydrogens (primary N) is 1. The highest BCUT2D eigenvalue weighted by atomic mass is 32.2. The van der Waals surface area contributed by atoms with E-state index in [1.807, 2.05) is 31.2 Å². The Morgan fingerprint density at radius 3 is 2.48 bits per heavy atom. The van der Waals surface area contributed by atoms with Gasteiger partial charge in [-0.25, -0.2) is 0 Å². The molecule has 3 N–H and O–H groups in total. The lowest BCUT2D eigenvalue weighted by molar-refractivity contribution is -0.120. The Labute approximate surface area is 139 Å². The zero-order valence-electron chi connectivity index (χ0n) is 12.7. The van der Waals surface area contributed by atoms with Gasteiger partial charge in [0.2, 0.25) is 5.91 Å². The zero-order chi connectivity index (χ0) is 16.7. The summed E-state index contributed by atoms with van der Waals surface area (Å²) < 4.78 is 5.15. The van der Waals surface area contributed by atoms with E-state index in [4.69, 9.17) is 10.5 Å². The van der Waals surface area contributed by atoms with Gasteiger partial charge in [0.25, 0.3) is 5.91 Å². The topological polar surface area (TPSA) is 81.4 Å². The molecule has 0 radical (unpaired) electrons. The summed E-state index contributed by atoms with van der Waals surface area (Å²) in [7, 11) is 0. The molecule has 0 aliphatic carbocycles. The van der Waals surface area contributed by atoms with E-state index < -0.39 is 5.91 Å². The molecule has 2 aromatic rings. The second kappa shape index (κ2) is 8.24. The van der Waals surface area contributed by atoms with Crippen molar-refractivity contribution in [1.82, 2.24) is 0 Å². The average molecular weight is 330 g/mol. The van der Waals surface area contributed by atoms with Gasteiger partial charge in [0.1, 0.15) is 5.75 Å². The van der Waals surface area contributed by atoms with Crippen LogP contribution in [0.2, 0.25) is 0 Å². The third-order valence-electron chi connectivity index (χ3n) is 2.97. The maximum absolute atomic E-state index is 12.0. The number of amides is 2. The number of anilines is 1. The van der Waals surface area contributed by atoms with Crippen molar-refractivity contribution in [3.8, 4) is 5.75 Å². The predicted octanol–water partition coefficient (Wildman–Crippen LogP) is 2.59. The second-order valence-electron chi connectivity index (χ2n) is 4.88. The summed E-state index contributed by atoms with van der Waals surface area (Å²) in [5.41, 5.74) is 6.83. The van der Waals surface area contributed by atoms with E-state index in [1.54, 1.807) is 24.3 Å². The van der Waals surface area contributed by atoms with Gasteiger partial charge in [-0.05, 0) is 42.8 Å². The number of benzene rings is 2. The monoisotopic (exact) mass is 330 g/mol. The smallest absolute Gasteiger partial charge is 0.255 e. The van der Waals surface area contributed by atoms with Crippen LogP contribution in [-0.4, -0.2) is 24.2 Å². The number of ether oxygens (including phenoxy) is 1. The minimum Gasteiger partial charge on any atom is -0.484 e. The van der Waals surface area contributed by atoms with Gasteiger partial charge in [-0.3, -0.25) is 9.59 Å². The first-order valence-electron chi connectivity index (χ1n) is 7.04. The lowest BCUT2D eigenvalue weighted by Gasteiger charge is -2.08. The van der Waals surface area contributed by atoms with Crippen molar-refractivity contribution in [2.75, 3.05) is 17.7 Å². The maximum Gasteiger partial charge on any atom is 0.255 e. The van der Waals surface area contributed by atoms with Gasteiger partial charge in [0, 0.05) is 10.6 Å². The molecule has 6 heteroatoms. The van der Waals surface area contributed by atoms with Crippen LogP contribution in [0.4, 0.5) is 5.69 Å². The molecular weight excluding hydrogens is 312 g/mol. The molecule has 0 spiro atoms. The van der Waals surface area contributed by atoms with Crippen LogP contribution in [0.25, 0.3) is 0 Å². The number of carbonyl (C=O) groups excluding carboxylic acids is 2. The normalized spacial score (nSPS) is 10.1. The van der Waals surface area contributed by atoms with Crippen LogP contribution in [-0.2, 0) is 9.59 Å². The number of thioether (sulfide) groups is 1. The number of nitrogens with one attached hydrogen (secondary N) is 1. The number of carbonyl (C=O) groups is 2. The van der Waals surface area contributed by atoms with Crippen LogP contribution >= 0.6 is 11.8 Å². The molecule has 2 amide bonds.